The van der Waals surface area contributed by atoms with E-state index in [0.717, 1.165) is 18.6 Å². The van der Waals surface area contributed by atoms with Crippen molar-refractivity contribution in [3.8, 4) is 5.75 Å². The quantitative estimate of drug-likeness (QED) is 0.741. The molecule has 1 atom stereocenters. The fourth-order valence-electron chi connectivity index (χ4n) is 1.68. The molecule has 0 saturated heterocycles. The average molecular weight is 219 g/mol. The van der Waals surface area contributed by atoms with Gasteiger partial charge in [0, 0.05) is 6.04 Å². The zero-order valence-corrected chi connectivity index (χ0v) is 10.4. The van der Waals surface area contributed by atoms with Crippen LogP contribution >= 0.6 is 0 Å². The Labute approximate surface area is 98.3 Å². The highest BCUT2D eigenvalue weighted by Crippen LogP contribution is 2.24. The summed E-state index contributed by atoms with van der Waals surface area (Å²) in [5.41, 5.74) is 2.51. The Bertz CT molecular complexity index is 346. The lowest BCUT2D eigenvalue weighted by molar-refractivity contribution is 0.413. The highest BCUT2D eigenvalue weighted by Gasteiger charge is 2.10. The van der Waals surface area contributed by atoms with Crippen molar-refractivity contribution in [1.82, 2.24) is 5.32 Å². The molecule has 1 rings (SSSR count). The van der Waals surface area contributed by atoms with Gasteiger partial charge in [-0.3, -0.25) is 0 Å². The summed E-state index contributed by atoms with van der Waals surface area (Å²) in [5.74, 6) is 0.903. The SMILES string of the molecule is C=C(CC)CC(NC)c1cccc(OC)c1. The normalized spacial score (nSPS) is 12.2. The third-order valence-electron chi connectivity index (χ3n) is 2.84. The van der Waals surface area contributed by atoms with Crippen molar-refractivity contribution in [1.29, 1.82) is 0 Å². The first-order chi connectivity index (χ1) is 7.71. The molecule has 2 nitrogen and oxygen atoms in total. The summed E-state index contributed by atoms with van der Waals surface area (Å²) in [6.45, 7) is 6.20. The molecule has 16 heavy (non-hydrogen) atoms. The lowest BCUT2D eigenvalue weighted by Gasteiger charge is -2.18. The Morgan fingerprint density at radius 1 is 1.50 bits per heavy atom. The van der Waals surface area contributed by atoms with Crippen LogP contribution in [0.4, 0.5) is 0 Å². The van der Waals surface area contributed by atoms with E-state index in [1.54, 1.807) is 7.11 Å². The Balaban J connectivity index is 2.81. The lowest BCUT2D eigenvalue weighted by Crippen LogP contribution is -2.16. The van der Waals surface area contributed by atoms with Crippen molar-refractivity contribution < 1.29 is 4.74 Å². The Hall–Kier alpha value is -1.28. The maximum absolute atomic E-state index is 5.23. The van der Waals surface area contributed by atoms with Gasteiger partial charge < -0.3 is 10.1 Å². The number of benzene rings is 1. The second kappa shape index (κ2) is 6.33. The summed E-state index contributed by atoms with van der Waals surface area (Å²) in [7, 11) is 3.67. The van der Waals surface area contributed by atoms with Gasteiger partial charge in [-0.15, -0.1) is 0 Å². The van der Waals surface area contributed by atoms with Gasteiger partial charge in [-0.1, -0.05) is 31.2 Å². The first kappa shape index (κ1) is 12.8. The summed E-state index contributed by atoms with van der Waals surface area (Å²) in [6, 6.07) is 8.50. The molecule has 0 aromatic heterocycles. The molecule has 0 radical (unpaired) electrons. The summed E-state index contributed by atoms with van der Waals surface area (Å²) in [4.78, 5) is 0. The fourth-order valence-corrected chi connectivity index (χ4v) is 1.68. The van der Waals surface area contributed by atoms with Gasteiger partial charge in [-0.25, -0.2) is 0 Å². The summed E-state index contributed by atoms with van der Waals surface area (Å²) < 4.78 is 5.23. The maximum atomic E-state index is 5.23. The minimum absolute atomic E-state index is 0.322. The van der Waals surface area contributed by atoms with Gasteiger partial charge in [0.25, 0.3) is 0 Å². The molecule has 0 bridgehead atoms. The molecule has 1 aromatic rings. The van der Waals surface area contributed by atoms with E-state index in [1.165, 1.54) is 11.1 Å². The molecule has 2 heteroatoms. The molecule has 0 aliphatic rings. The van der Waals surface area contributed by atoms with Gasteiger partial charge >= 0.3 is 0 Å². The van der Waals surface area contributed by atoms with Crippen LogP contribution in [0.15, 0.2) is 36.4 Å². The van der Waals surface area contributed by atoms with Crippen molar-refractivity contribution in [3.05, 3.63) is 42.0 Å². The smallest absolute Gasteiger partial charge is 0.119 e. The minimum Gasteiger partial charge on any atom is -0.497 e. The molecule has 1 unspecified atom stereocenters. The van der Waals surface area contributed by atoms with E-state index in [9.17, 15) is 0 Å². The van der Waals surface area contributed by atoms with Gasteiger partial charge in [-0.05, 0) is 37.6 Å². The molecule has 0 aliphatic heterocycles. The van der Waals surface area contributed by atoms with E-state index in [1.807, 2.05) is 19.2 Å². The molecular formula is C14H21NO. The Morgan fingerprint density at radius 2 is 2.25 bits per heavy atom. The van der Waals surface area contributed by atoms with E-state index in [4.69, 9.17) is 4.74 Å². The van der Waals surface area contributed by atoms with E-state index >= 15 is 0 Å². The van der Waals surface area contributed by atoms with Crippen LogP contribution in [0.5, 0.6) is 5.75 Å². The Kier molecular flexibility index (Phi) is 5.06. The highest BCUT2D eigenvalue weighted by molar-refractivity contribution is 5.31. The minimum atomic E-state index is 0.322. The number of hydrogen-bond acceptors (Lipinski definition) is 2. The number of rotatable bonds is 6. The van der Waals surface area contributed by atoms with Crippen molar-refractivity contribution in [2.75, 3.05) is 14.2 Å². The van der Waals surface area contributed by atoms with E-state index in [-0.39, 0.29) is 0 Å². The van der Waals surface area contributed by atoms with Crippen molar-refractivity contribution in [2.45, 2.75) is 25.8 Å². The summed E-state index contributed by atoms with van der Waals surface area (Å²) >= 11 is 0. The molecule has 88 valence electrons. The standard InChI is InChI=1S/C14H21NO/c1-5-11(2)9-14(15-3)12-7-6-8-13(10-12)16-4/h6-8,10,14-15H,2,5,9H2,1,3-4H3. The molecule has 1 N–H and O–H groups in total. The van der Waals surface area contributed by atoms with E-state index in [0.29, 0.717) is 6.04 Å². The van der Waals surface area contributed by atoms with Crippen molar-refractivity contribution in [2.24, 2.45) is 0 Å². The molecule has 0 spiro atoms. The molecule has 0 fully saturated rings. The maximum Gasteiger partial charge on any atom is 0.119 e. The molecule has 0 aliphatic carbocycles. The second-order valence-electron chi connectivity index (χ2n) is 3.93. The van der Waals surface area contributed by atoms with E-state index in [2.05, 4.69) is 31.0 Å². The molecule has 1 aromatic carbocycles. The van der Waals surface area contributed by atoms with Crippen LogP contribution in [-0.4, -0.2) is 14.2 Å². The van der Waals surface area contributed by atoms with Crippen LogP contribution in [0.1, 0.15) is 31.4 Å². The van der Waals surface area contributed by atoms with Crippen LogP contribution < -0.4 is 10.1 Å². The molecular weight excluding hydrogens is 198 g/mol. The van der Waals surface area contributed by atoms with Gasteiger partial charge in [0.2, 0.25) is 0 Å². The number of methoxy groups -OCH3 is 1. The zero-order chi connectivity index (χ0) is 12.0. The topological polar surface area (TPSA) is 21.3 Å². The zero-order valence-electron chi connectivity index (χ0n) is 10.4. The van der Waals surface area contributed by atoms with Crippen LogP contribution in [0, 0.1) is 0 Å². The van der Waals surface area contributed by atoms with E-state index < -0.39 is 0 Å². The van der Waals surface area contributed by atoms with Crippen LogP contribution in [-0.2, 0) is 0 Å². The third-order valence-corrected chi connectivity index (χ3v) is 2.84. The molecule has 0 amide bonds. The highest BCUT2D eigenvalue weighted by atomic mass is 16.5. The largest absolute Gasteiger partial charge is 0.497 e. The second-order valence-corrected chi connectivity index (χ2v) is 3.93. The number of nitrogens with one attached hydrogen (secondary N) is 1. The summed E-state index contributed by atoms with van der Waals surface area (Å²) in [5, 5.41) is 3.32. The first-order valence-electron chi connectivity index (χ1n) is 5.69. The van der Waals surface area contributed by atoms with Gasteiger partial charge in [0.1, 0.15) is 5.75 Å². The van der Waals surface area contributed by atoms with Crippen LogP contribution in [0.25, 0.3) is 0 Å². The Morgan fingerprint density at radius 3 is 2.81 bits per heavy atom. The van der Waals surface area contributed by atoms with Crippen LogP contribution in [0.2, 0.25) is 0 Å². The summed E-state index contributed by atoms with van der Waals surface area (Å²) in [6.07, 6.45) is 2.00. The fraction of sp³-hybridized carbons (Fsp3) is 0.429. The third kappa shape index (κ3) is 3.38. The molecule has 0 saturated carbocycles. The first-order valence-corrected chi connectivity index (χ1v) is 5.69. The predicted molar refractivity (Wildman–Crippen MR) is 68.8 cm³/mol. The van der Waals surface area contributed by atoms with Crippen molar-refractivity contribution >= 4 is 0 Å². The predicted octanol–water partition coefficient (Wildman–Crippen LogP) is 3.31. The monoisotopic (exact) mass is 219 g/mol. The van der Waals surface area contributed by atoms with Crippen LogP contribution in [0.3, 0.4) is 0 Å². The van der Waals surface area contributed by atoms with Gasteiger partial charge in [0.15, 0.2) is 0 Å². The molecule has 0 heterocycles. The van der Waals surface area contributed by atoms with Gasteiger partial charge in [0.05, 0.1) is 7.11 Å². The van der Waals surface area contributed by atoms with Gasteiger partial charge in [-0.2, -0.15) is 0 Å². The average Bonchev–Trinajstić information content (AvgIpc) is 2.35. The van der Waals surface area contributed by atoms with Crippen molar-refractivity contribution in [3.63, 3.8) is 0 Å². The lowest BCUT2D eigenvalue weighted by atomic mass is 9.98. The number of ether oxygens (including phenoxy) is 1. The number of hydrogen-bond donors (Lipinski definition) is 1.